The zero-order chi connectivity index (χ0) is 17.4. The Bertz CT molecular complexity index is 552. The van der Waals surface area contributed by atoms with Crippen molar-refractivity contribution in [2.24, 2.45) is 4.99 Å². The Labute approximate surface area is 147 Å². The first-order valence-electron chi connectivity index (χ1n) is 8.55. The van der Waals surface area contributed by atoms with Crippen molar-refractivity contribution in [2.75, 3.05) is 50.7 Å². The van der Waals surface area contributed by atoms with Crippen molar-refractivity contribution >= 4 is 28.5 Å². The van der Waals surface area contributed by atoms with E-state index in [4.69, 9.17) is 0 Å². The highest BCUT2D eigenvalue weighted by Gasteiger charge is 2.22. The lowest BCUT2D eigenvalue weighted by Crippen LogP contribution is -2.52. The normalized spacial score (nSPS) is 15.5. The van der Waals surface area contributed by atoms with Crippen molar-refractivity contribution < 1.29 is 4.79 Å². The van der Waals surface area contributed by atoms with Gasteiger partial charge in [0.2, 0.25) is 11.0 Å². The molecule has 1 fully saturated rings. The van der Waals surface area contributed by atoms with Crippen LogP contribution in [0.25, 0.3) is 0 Å². The standard InChI is InChI=1S/C15H27N7OS/c1-4-12-19-15(24-20-12)22-9-7-21(8-10-22)14(17-6-3)18-11-13(23)16-5-2/h4-11H2,1-3H3,(H,16,23)(H,17,18). The smallest absolute Gasteiger partial charge is 0.241 e. The number of likely N-dealkylation sites (N-methyl/N-ethyl adjacent to an activating group) is 1. The summed E-state index contributed by atoms with van der Waals surface area (Å²) in [5.74, 6) is 1.66. The van der Waals surface area contributed by atoms with E-state index in [0.717, 1.165) is 56.1 Å². The van der Waals surface area contributed by atoms with Crippen LogP contribution in [0, 0.1) is 0 Å². The van der Waals surface area contributed by atoms with Crippen LogP contribution in [0.1, 0.15) is 26.6 Å². The zero-order valence-corrected chi connectivity index (χ0v) is 15.5. The lowest BCUT2D eigenvalue weighted by atomic mass is 10.3. The molecule has 134 valence electrons. The SMILES string of the molecule is CCNC(=O)CN=C(NCC)N1CCN(c2nc(CC)ns2)CC1. The minimum absolute atomic E-state index is 0.0486. The quantitative estimate of drug-likeness (QED) is 0.566. The molecule has 0 aliphatic carbocycles. The van der Waals surface area contributed by atoms with Gasteiger partial charge in [-0.15, -0.1) is 0 Å². The van der Waals surface area contributed by atoms with Gasteiger partial charge in [-0.3, -0.25) is 4.79 Å². The molecular formula is C15H27N7OS. The van der Waals surface area contributed by atoms with Gasteiger partial charge >= 0.3 is 0 Å². The van der Waals surface area contributed by atoms with E-state index in [0.29, 0.717) is 6.54 Å². The molecule has 1 aromatic heterocycles. The minimum Gasteiger partial charge on any atom is -0.357 e. The van der Waals surface area contributed by atoms with Crippen molar-refractivity contribution in [1.82, 2.24) is 24.9 Å². The average molecular weight is 353 g/mol. The molecule has 0 saturated carbocycles. The summed E-state index contributed by atoms with van der Waals surface area (Å²) in [6.07, 6.45) is 0.869. The van der Waals surface area contributed by atoms with Crippen LogP contribution in [0.15, 0.2) is 4.99 Å². The van der Waals surface area contributed by atoms with Crippen molar-refractivity contribution in [1.29, 1.82) is 0 Å². The number of piperazine rings is 1. The first kappa shape index (κ1) is 18.4. The number of aromatic nitrogens is 2. The topological polar surface area (TPSA) is 85.8 Å². The summed E-state index contributed by atoms with van der Waals surface area (Å²) < 4.78 is 4.35. The van der Waals surface area contributed by atoms with E-state index in [9.17, 15) is 4.79 Å². The Morgan fingerprint density at radius 2 is 1.88 bits per heavy atom. The number of hydrogen-bond donors (Lipinski definition) is 2. The summed E-state index contributed by atoms with van der Waals surface area (Å²) in [4.78, 5) is 25.1. The van der Waals surface area contributed by atoms with Crippen molar-refractivity contribution in [3.63, 3.8) is 0 Å². The highest BCUT2D eigenvalue weighted by Crippen LogP contribution is 2.19. The summed E-state index contributed by atoms with van der Waals surface area (Å²) in [5, 5.41) is 7.03. The fourth-order valence-corrected chi connectivity index (χ4v) is 3.25. The number of anilines is 1. The van der Waals surface area contributed by atoms with Gasteiger partial charge in [-0.1, -0.05) is 6.92 Å². The summed E-state index contributed by atoms with van der Waals surface area (Å²) in [5.41, 5.74) is 0. The Morgan fingerprint density at radius 1 is 1.17 bits per heavy atom. The van der Waals surface area contributed by atoms with Crippen LogP contribution < -0.4 is 15.5 Å². The lowest BCUT2D eigenvalue weighted by Gasteiger charge is -2.36. The predicted molar refractivity (Wildman–Crippen MR) is 97.7 cm³/mol. The Balaban J connectivity index is 1.91. The van der Waals surface area contributed by atoms with E-state index in [2.05, 4.69) is 41.7 Å². The van der Waals surface area contributed by atoms with Crippen LogP contribution in [0.3, 0.4) is 0 Å². The van der Waals surface area contributed by atoms with Crippen LogP contribution >= 0.6 is 11.5 Å². The van der Waals surface area contributed by atoms with Gasteiger partial charge in [0.05, 0.1) is 0 Å². The molecule has 0 radical (unpaired) electrons. The number of carbonyl (C=O) groups excluding carboxylic acids is 1. The van der Waals surface area contributed by atoms with Gasteiger partial charge in [0.1, 0.15) is 12.4 Å². The maximum absolute atomic E-state index is 11.6. The second-order valence-corrected chi connectivity index (χ2v) is 6.17. The number of nitrogens with zero attached hydrogens (tertiary/aromatic N) is 5. The number of aliphatic imine (C=N–C) groups is 1. The van der Waals surface area contributed by atoms with Gasteiger partial charge in [0, 0.05) is 57.2 Å². The van der Waals surface area contributed by atoms with Gasteiger partial charge in [-0.05, 0) is 13.8 Å². The Hall–Kier alpha value is -1.90. The maximum Gasteiger partial charge on any atom is 0.241 e. The third kappa shape index (κ3) is 5.05. The monoisotopic (exact) mass is 353 g/mol. The fraction of sp³-hybridized carbons (Fsp3) is 0.733. The number of hydrogen-bond acceptors (Lipinski definition) is 6. The van der Waals surface area contributed by atoms with Gasteiger partial charge in [-0.2, -0.15) is 4.37 Å². The zero-order valence-electron chi connectivity index (χ0n) is 14.7. The summed E-state index contributed by atoms with van der Waals surface area (Å²) in [6.45, 7) is 11.0. The Morgan fingerprint density at radius 3 is 2.46 bits per heavy atom. The van der Waals surface area contributed by atoms with Crippen molar-refractivity contribution in [3.05, 3.63) is 5.82 Å². The molecule has 0 bridgehead atoms. The average Bonchev–Trinajstić information content (AvgIpc) is 3.08. The fourth-order valence-electron chi connectivity index (χ4n) is 2.45. The minimum atomic E-state index is -0.0486. The van der Waals surface area contributed by atoms with Gasteiger partial charge in [0.15, 0.2) is 5.96 Å². The van der Waals surface area contributed by atoms with E-state index in [-0.39, 0.29) is 12.5 Å². The van der Waals surface area contributed by atoms with Crippen molar-refractivity contribution in [2.45, 2.75) is 27.2 Å². The van der Waals surface area contributed by atoms with Gasteiger partial charge in [0.25, 0.3) is 0 Å². The van der Waals surface area contributed by atoms with Crippen LogP contribution in [0.4, 0.5) is 5.13 Å². The van der Waals surface area contributed by atoms with E-state index in [1.807, 2.05) is 13.8 Å². The van der Waals surface area contributed by atoms with Crippen LogP contribution in [0.5, 0.6) is 0 Å². The van der Waals surface area contributed by atoms with E-state index >= 15 is 0 Å². The number of rotatable bonds is 6. The first-order valence-corrected chi connectivity index (χ1v) is 9.32. The molecule has 1 saturated heterocycles. The number of amides is 1. The second-order valence-electron chi connectivity index (χ2n) is 5.44. The molecule has 0 atom stereocenters. The predicted octanol–water partition coefficient (Wildman–Crippen LogP) is 0.324. The highest BCUT2D eigenvalue weighted by atomic mass is 32.1. The molecule has 1 aromatic rings. The number of guanidine groups is 1. The lowest BCUT2D eigenvalue weighted by molar-refractivity contribution is -0.119. The van der Waals surface area contributed by atoms with Gasteiger partial charge in [-0.25, -0.2) is 9.98 Å². The molecule has 1 aliphatic rings. The largest absolute Gasteiger partial charge is 0.357 e. The van der Waals surface area contributed by atoms with Crippen LogP contribution in [-0.2, 0) is 11.2 Å². The summed E-state index contributed by atoms with van der Waals surface area (Å²) in [7, 11) is 0. The molecule has 9 heteroatoms. The molecule has 8 nitrogen and oxygen atoms in total. The molecule has 24 heavy (non-hydrogen) atoms. The maximum atomic E-state index is 11.6. The summed E-state index contributed by atoms with van der Waals surface area (Å²) in [6, 6.07) is 0. The molecule has 2 N–H and O–H groups in total. The molecule has 1 amide bonds. The molecule has 1 aliphatic heterocycles. The number of aryl methyl sites for hydroxylation is 1. The molecule has 0 unspecified atom stereocenters. The molecular weight excluding hydrogens is 326 g/mol. The molecule has 2 heterocycles. The highest BCUT2D eigenvalue weighted by molar-refractivity contribution is 7.09. The molecule has 2 rings (SSSR count). The van der Waals surface area contributed by atoms with Crippen LogP contribution in [0.2, 0.25) is 0 Å². The number of carbonyl (C=O) groups is 1. The van der Waals surface area contributed by atoms with E-state index in [1.165, 1.54) is 11.5 Å². The van der Waals surface area contributed by atoms with Crippen molar-refractivity contribution in [3.8, 4) is 0 Å². The third-order valence-electron chi connectivity index (χ3n) is 3.70. The second kappa shape index (κ2) is 9.41. The first-order chi connectivity index (χ1) is 11.7. The van der Waals surface area contributed by atoms with E-state index < -0.39 is 0 Å². The van der Waals surface area contributed by atoms with Gasteiger partial charge < -0.3 is 20.4 Å². The number of nitrogens with one attached hydrogen (secondary N) is 2. The third-order valence-corrected chi connectivity index (χ3v) is 4.52. The Kier molecular flexibility index (Phi) is 7.23. The molecule has 0 spiro atoms. The molecule has 0 aromatic carbocycles. The summed E-state index contributed by atoms with van der Waals surface area (Å²) >= 11 is 1.47. The van der Waals surface area contributed by atoms with E-state index in [1.54, 1.807) is 0 Å². The van der Waals surface area contributed by atoms with Crippen LogP contribution in [-0.4, -0.2) is 71.9 Å².